The second kappa shape index (κ2) is 8.86. The lowest BCUT2D eigenvalue weighted by Gasteiger charge is -2.28. The fourth-order valence-electron chi connectivity index (χ4n) is 2.42. The summed E-state index contributed by atoms with van der Waals surface area (Å²) in [4.78, 5) is 2.39. The van der Waals surface area contributed by atoms with E-state index in [4.69, 9.17) is 9.47 Å². The van der Waals surface area contributed by atoms with Crippen molar-refractivity contribution in [2.45, 2.75) is 25.8 Å². The first-order valence-electron chi connectivity index (χ1n) is 6.76. The first-order chi connectivity index (χ1) is 8.27. The fraction of sp³-hybridized carbons (Fsp3) is 1.00. The monoisotopic (exact) mass is 244 g/mol. The van der Waals surface area contributed by atoms with Crippen LogP contribution in [-0.4, -0.2) is 64.6 Å². The summed E-state index contributed by atoms with van der Waals surface area (Å²) in [7, 11) is 3.95. The summed E-state index contributed by atoms with van der Waals surface area (Å²) in [6.07, 6.45) is 2.30. The van der Waals surface area contributed by atoms with Crippen molar-refractivity contribution in [3.05, 3.63) is 0 Å². The van der Waals surface area contributed by atoms with E-state index in [1.807, 2.05) is 0 Å². The van der Waals surface area contributed by atoms with Crippen molar-refractivity contribution in [1.82, 2.24) is 10.2 Å². The molecule has 0 radical (unpaired) electrons. The number of nitrogens with one attached hydrogen (secondary N) is 1. The summed E-state index contributed by atoms with van der Waals surface area (Å²) >= 11 is 0. The van der Waals surface area contributed by atoms with Crippen LogP contribution in [0, 0.1) is 5.92 Å². The van der Waals surface area contributed by atoms with Gasteiger partial charge in [-0.05, 0) is 26.4 Å². The van der Waals surface area contributed by atoms with Crippen molar-refractivity contribution in [3.63, 3.8) is 0 Å². The maximum Gasteiger partial charge on any atom is 0.0510 e. The second-order valence-electron chi connectivity index (χ2n) is 4.90. The molecule has 0 aromatic carbocycles. The Kier molecular flexibility index (Phi) is 7.77. The lowest BCUT2D eigenvalue weighted by Crippen LogP contribution is -2.45. The van der Waals surface area contributed by atoms with Crippen molar-refractivity contribution in [2.75, 3.05) is 53.6 Å². The highest BCUT2D eigenvalue weighted by atomic mass is 16.5. The summed E-state index contributed by atoms with van der Waals surface area (Å²) < 4.78 is 10.6. The third-order valence-corrected chi connectivity index (χ3v) is 3.40. The average Bonchev–Trinajstić information content (AvgIpc) is 2.82. The normalized spacial score (nSPS) is 22.2. The molecule has 0 amide bonds. The predicted molar refractivity (Wildman–Crippen MR) is 70.4 cm³/mol. The van der Waals surface area contributed by atoms with Gasteiger partial charge in [0.2, 0.25) is 0 Å². The molecule has 4 heteroatoms. The van der Waals surface area contributed by atoms with E-state index in [0.29, 0.717) is 12.0 Å². The van der Waals surface area contributed by atoms with E-state index in [0.717, 1.165) is 45.9 Å². The average molecular weight is 244 g/mol. The molecule has 1 saturated heterocycles. The van der Waals surface area contributed by atoms with Gasteiger partial charge in [-0.2, -0.15) is 0 Å². The lowest BCUT2D eigenvalue weighted by molar-refractivity contribution is 0.157. The quantitative estimate of drug-likeness (QED) is 0.613. The van der Waals surface area contributed by atoms with Gasteiger partial charge in [0, 0.05) is 45.4 Å². The van der Waals surface area contributed by atoms with Crippen molar-refractivity contribution in [3.8, 4) is 0 Å². The fourth-order valence-corrected chi connectivity index (χ4v) is 2.42. The number of ether oxygens (including phenoxy) is 2. The number of likely N-dealkylation sites (N-methyl/N-ethyl adjacent to an activating group) is 2. The summed E-state index contributed by atoms with van der Waals surface area (Å²) in [6, 6.07) is 0.565. The Labute approximate surface area is 106 Å². The van der Waals surface area contributed by atoms with Gasteiger partial charge in [-0.15, -0.1) is 0 Å². The molecule has 0 aromatic rings. The van der Waals surface area contributed by atoms with Crippen LogP contribution in [-0.2, 0) is 9.47 Å². The minimum absolute atomic E-state index is 0.565. The van der Waals surface area contributed by atoms with Gasteiger partial charge in [0.25, 0.3) is 0 Å². The molecule has 1 aliphatic heterocycles. The molecule has 2 unspecified atom stereocenters. The summed E-state index contributed by atoms with van der Waals surface area (Å²) in [5, 5.41) is 3.59. The van der Waals surface area contributed by atoms with Gasteiger partial charge in [0.05, 0.1) is 6.61 Å². The zero-order chi connectivity index (χ0) is 12.5. The third kappa shape index (κ3) is 5.82. The summed E-state index contributed by atoms with van der Waals surface area (Å²) in [5.74, 6) is 0.680. The maximum atomic E-state index is 5.49. The maximum absolute atomic E-state index is 5.49. The molecule has 1 aliphatic rings. The van der Waals surface area contributed by atoms with Crippen LogP contribution in [0.15, 0.2) is 0 Å². The highest BCUT2D eigenvalue weighted by molar-refractivity contribution is 4.81. The summed E-state index contributed by atoms with van der Waals surface area (Å²) in [5.41, 5.74) is 0. The zero-order valence-corrected chi connectivity index (χ0v) is 11.6. The Balaban J connectivity index is 2.26. The SMILES string of the molecule is CCNC(CN(C)CCCOC)C1CCOC1. The Morgan fingerprint density at radius 3 is 2.94 bits per heavy atom. The van der Waals surface area contributed by atoms with Crippen molar-refractivity contribution < 1.29 is 9.47 Å². The third-order valence-electron chi connectivity index (χ3n) is 3.40. The van der Waals surface area contributed by atoms with Gasteiger partial charge in [-0.3, -0.25) is 0 Å². The smallest absolute Gasteiger partial charge is 0.0510 e. The molecular weight excluding hydrogens is 216 g/mol. The molecule has 2 atom stereocenters. The largest absolute Gasteiger partial charge is 0.385 e. The van der Waals surface area contributed by atoms with E-state index in [1.54, 1.807) is 7.11 Å². The van der Waals surface area contributed by atoms with Gasteiger partial charge in [-0.1, -0.05) is 6.92 Å². The molecule has 4 nitrogen and oxygen atoms in total. The summed E-state index contributed by atoms with van der Waals surface area (Å²) in [6.45, 7) is 8.11. The van der Waals surface area contributed by atoms with Crippen LogP contribution in [0.2, 0.25) is 0 Å². The molecule has 0 aromatic heterocycles. The molecule has 1 fully saturated rings. The van der Waals surface area contributed by atoms with Crippen LogP contribution >= 0.6 is 0 Å². The van der Waals surface area contributed by atoms with E-state index in [9.17, 15) is 0 Å². The molecular formula is C13H28N2O2. The zero-order valence-electron chi connectivity index (χ0n) is 11.6. The van der Waals surface area contributed by atoms with Gasteiger partial charge in [-0.25, -0.2) is 0 Å². The minimum atomic E-state index is 0.565. The highest BCUT2D eigenvalue weighted by Crippen LogP contribution is 2.17. The molecule has 17 heavy (non-hydrogen) atoms. The molecule has 102 valence electrons. The Morgan fingerprint density at radius 2 is 2.35 bits per heavy atom. The number of rotatable bonds is 9. The lowest BCUT2D eigenvalue weighted by atomic mass is 9.98. The Bertz CT molecular complexity index is 184. The molecule has 1 N–H and O–H groups in total. The molecule has 1 rings (SSSR count). The molecule has 0 bridgehead atoms. The van der Waals surface area contributed by atoms with Crippen LogP contribution in [0.25, 0.3) is 0 Å². The Morgan fingerprint density at radius 1 is 1.53 bits per heavy atom. The van der Waals surface area contributed by atoms with Crippen LogP contribution in [0.5, 0.6) is 0 Å². The standard InChI is InChI=1S/C13H28N2O2/c1-4-14-13(12-6-9-17-11-12)10-15(2)7-5-8-16-3/h12-14H,4-11H2,1-3H3. The molecule has 0 saturated carbocycles. The van der Waals surface area contributed by atoms with E-state index in [-0.39, 0.29) is 0 Å². The topological polar surface area (TPSA) is 33.7 Å². The molecule has 0 spiro atoms. The van der Waals surface area contributed by atoms with Crippen LogP contribution in [0.4, 0.5) is 0 Å². The van der Waals surface area contributed by atoms with Crippen molar-refractivity contribution >= 4 is 0 Å². The van der Waals surface area contributed by atoms with Gasteiger partial charge in [0.15, 0.2) is 0 Å². The van der Waals surface area contributed by atoms with Gasteiger partial charge in [0.1, 0.15) is 0 Å². The Hall–Kier alpha value is -0.160. The van der Waals surface area contributed by atoms with E-state index in [1.165, 1.54) is 6.42 Å². The van der Waals surface area contributed by atoms with Crippen LogP contribution in [0.1, 0.15) is 19.8 Å². The first kappa shape index (κ1) is 14.9. The van der Waals surface area contributed by atoms with Gasteiger partial charge < -0.3 is 19.7 Å². The van der Waals surface area contributed by atoms with Gasteiger partial charge >= 0.3 is 0 Å². The second-order valence-corrected chi connectivity index (χ2v) is 4.90. The van der Waals surface area contributed by atoms with E-state index in [2.05, 4.69) is 24.2 Å². The molecule has 0 aliphatic carbocycles. The number of nitrogens with zero attached hydrogens (tertiary/aromatic N) is 1. The number of hydrogen-bond acceptors (Lipinski definition) is 4. The van der Waals surface area contributed by atoms with E-state index >= 15 is 0 Å². The number of methoxy groups -OCH3 is 1. The first-order valence-corrected chi connectivity index (χ1v) is 6.76. The molecule has 1 heterocycles. The number of hydrogen-bond donors (Lipinski definition) is 1. The van der Waals surface area contributed by atoms with E-state index < -0.39 is 0 Å². The predicted octanol–water partition coefficient (Wildman–Crippen LogP) is 0.969. The van der Waals surface area contributed by atoms with Crippen molar-refractivity contribution in [1.29, 1.82) is 0 Å². The van der Waals surface area contributed by atoms with Crippen LogP contribution < -0.4 is 5.32 Å². The van der Waals surface area contributed by atoms with Crippen molar-refractivity contribution in [2.24, 2.45) is 5.92 Å². The minimum Gasteiger partial charge on any atom is -0.385 e. The van der Waals surface area contributed by atoms with Crippen LogP contribution in [0.3, 0.4) is 0 Å². The highest BCUT2D eigenvalue weighted by Gasteiger charge is 2.25.